The number of rotatable bonds is 10. The van der Waals surface area contributed by atoms with Crippen LogP contribution in [0.15, 0.2) is 53.8 Å². The van der Waals surface area contributed by atoms with Gasteiger partial charge in [-0.05, 0) is 61.8 Å². The lowest BCUT2D eigenvalue weighted by Crippen LogP contribution is -2.41. The van der Waals surface area contributed by atoms with Gasteiger partial charge in [0.05, 0.1) is 24.5 Å². The molecule has 41 heavy (non-hydrogen) atoms. The summed E-state index contributed by atoms with van der Waals surface area (Å²) in [6, 6.07) is 7.75. The molecule has 0 spiro atoms. The van der Waals surface area contributed by atoms with E-state index in [2.05, 4.69) is 27.3 Å². The number of hydrogen-bond acceptors (Lipinski definition) is 7. The molecule has 0 unspecified atom stereocenters. The number of nitrogens with one attached hydrogen (secondary N) is 1. The van der Waals surface area contributed by atoms with E-state index in [0.717, 1.165) is 50.6 Å². The number of fused-ring (bicyclic) bond motifs is 2. The number of unbranched alkanes of at least 4 members (excludes halogenated alkanes) is 1. The quantitative estimate of drug-likeness (QED) is 0.194. The fourth-order valence-electron chi connectivity index (χ4n) is 5.47. The molecule has 0 radical (unpaired) electrons. The number of pyridine rings is 3. The molecule has 11 heteroatoms. The van der Waals surface area contributed by atoms with Crippen LogP contribution in [0.25, 0.3) is 16.7 Å². The minimum absolute atomic E-state index is 0.0507. The third-order valence-corrected chi connectivity index (χ3v) is 8.50. The minimum atomic E-state index is -0.0774. The van der Waals surface area contributed by atoms with Crippen LogP contribution in [-0.2, 0) is 11.8 Å². The molecule has 5 aromatic rings. The molecular formula is C30H32ClN7O3. The molecule has 2 saturated carbocycles. The first-order chi connectivity index (χ1) is 20.0. The molecule has 0 bridgehead atoms. The van der Waals surface area contributed by atoms with E-state index in [1.165, 1.54) is 5.56 Å². The first-order valence-corrected chi connectivity index (χ1v) is 14.7. The highest BCUT2D eigenvalue weighted by molar-refractivity contribution is 6.36. The van der Waals surface area contributed by atoms with Crippen LogP contribution in [0.4, 0.5) is 11.6 Å². The number of aromatic nitrogens is 6. The van der Waals surface area contributed by atoms with Gasteiger partial charge in [-0.3, -0.25) is 4.79 Å². The maximum absolute atomic E-state index is 13.7. The van der Waals surface area contributed by atoms with E-state index in [1.54, 1.807) is 21.5 Å². The number of imidazole rings is 1. The molecule has 5 aromatic heterocycles. The molecular weight excluding hydrogens is 542 g/mol. The summed E-state index contributed by atoms with van der Waals surface area (Å²) >= 11 is 6.84. The molecule has 7 rings (SSSR count). The Bertz CT molecular complexity index is 1810. The summed E-state index contributed by atoms with van der Waals surface area (Å²) in [5.41, 5.74) is 3.45. The monoisotopic (exact) mass is 573 g/mol. The topological polar surface area (TPSA) is 100 Å². The number of halogens is 1. The van der Waals surface area contributed by atoms with Gasteiger partial charge in [0.2, 0.25) is 5.95 Å². The van der Waals surface area contributed by atoms with Gasteiger partial charge >= 0.3 is 0 Å². The Balaban J connectivity index is 1.20. The Labute approximate surface area is 241 Å². The average molecular weight is 574 g/mol. The summed E-state index contributed by atoms with van der Waals surface area (Å²) < 4.78 is 17.7. The summed E-state index contributed by atoms with van der Waals surface area (Å²) in [6.07, 6.45) is 13.5. The normalized spacial score (nSPS) is 18.6. The smallest absolute Gasteiger partial charge is 0.274 e. The van der Waals surface area contributed by atoms with Gasteiger partial charge in [-0.1, -0.05) is 31.0 Å². The van der Waals surface area contributed by atoms with Gasteiger partial charge in [-0.2, -0.15) is 10.1 Å². The zero-order valence-electron chi connectivity index (χ0n) is 23.1. The Kier molecular flexibility index (Phi) is 6.67. The van der Waals surface area contributed by atoms with E-state index in [9.17, 15) is 4.79 Å². The lowest BCUT2D eigenvalue weighted by Gasteiger charge is -2.38. The van der Waals surface area contributed by atoms with Crippen molar-refractivity contribution >= 4 is 39.9 Å². The first-order valence-electron chi connectivity index (χ1n) is 14.3. The van der Waals surface area contributed by atoms with Gasteiger partial charge in [-0.15, -0.1) is 0 Å². The van der Waals surface area contributed by atoms with Gasteiger partial charge in [0.25, 0.3) is 5.56 Å². The molecule has 0 aromatic carbocycles. The second-order valence-corrected chi connectivity index (χ2v) is 11.3. The van der Waals surface area contributed by atoms with E-state index in [-0.39, 0.29) is 17.7 Å². The third-order valence-electron chi connectivity index (χ3n) is 8.14. The molecule has 2 aliphatic carbocycles. The SMILES string of the molecule is CCCCO[C@@H]1CC[C@H]1n1cc(C2CC2)cc(Nc2nc3ncc(Oc4cnn5ccccc45)c(Cl)c3n2C)c1=O. The van der Waals surface area contributed by atoms with Crippen molar-refractivity contribution in [2.45, 2.75) is 63.5 Å². The maximum atomic E-state index is 13.7. The van der Waals surface area contributed by atoms with Gasteiger partial charge < -0.3 is 23.9 Å². The van der Waals surface area contributed by atoms with Gasteiger partial charge in [0.15, 0.2) is 17.1 Å². The van der Waals surface area contributed by atoms with Gasteiger partial charge in [-0.25, -0.2) is 9.50 Å². The standard InChI is InChI=1S/C30H32ClN7O3/c1-3-4-13-40-23-11-10-21(23)37-17-19(18-8-9-18)14-20(29(37)39)34-30-35-28-27(36(30)2)26(31)25(15-32-28)41-24-16-33-38-12-6-5-7-22(24)38/h5-7,12,14-18,21,23H,3-4,8-11,13H2,1-2H3,(H,32,34,35)/t21-,23-/m1/s1. The van der Waals surface area contributed by atoms with Crippen LogP contribution in [0.1, 0.15) is 63.0 Å². The molecule has 2 atom stereocenters. The fraction of sp³-hybridized carbons (Fsp3) is 0.400. The summed E-state index contributed by atoms with van der Waals surface area (Å²) in [4.78, 5) is 22.9. The van der Waals surface area contributed by atoms with Crippen molar-refractivity contribution in [1.29, 1.82) is 0 Å². The Morgan fingerprint density at radius 2 is 2.02 bits per heavy atom. The van der Waals surface area contributed by atoms with Crippen molar-refractivity contribution in [2.75, 3.05) is 11.9 Å². The number of ether oxygens (including phenoxy) is 2. The predicted molar refractivity (Wildman–Crippen MR) is 158 cm³/mol. The predicted octanol–water partition coefficient (Wildman–Crippen LogP) is 6.36. The summed E-state index contributed by atoms with van der Waals surface area (Å²) in [6.45, 7) is 2.89. The maximum Gasteiger partial charge on any atom is 0.274 e. The molecule has 2 aliphatic rings. The second kappa shape index (κ2) is 10.5. The molecule has 2 fully saturated rings. The van der Waals surface area contributed by atoms with Crippen molar-refractivity contribution in [3.63, 3.8) is 0 Å². The van der Waals surface area contributed by atoms with Crippen LogP contribution in [0, 0.1) is 0 Å². The van der Waals surface area contributed by atoms with Crippen molar-refractivity contribution in [3.8, 4) is 11.5 Å². The summed E-state index contributed by atoms with van der Waals surface area (Å²) in [7, 11) is 1.84. The Morgan fingerprint density at radius 3 is 2.80 bits per heavy atom. The van der Waals surface area contributed by atoms with Gasteiger partial charge in [0, 0.05) is 26.0 Å². The molecule has 5 heterocycles. The van der Waals surface area contributed by atoms with E-state index >= 15 is 0 Å². The van der Waals surface area contributed by atoms with Crippen molar-refractivity contribution < 1.29 is 9.47 Å². The minimum Gasteiger partial charge on any atom is -0.450 e. The van der Waals surface area contributed by atoms with Crippen molar-refractivity contribution in [2.24, 2.45) is 7.05 Å². The van der Waals surface area contributed by atoms with Crippen LogP contribution in [0.2, 0.25) is 5.02 Å². The van der Waals surface area contributed by atoms with Crippen LogP contribution in [0.5, 0.6) is 11.5 Å². The van der Waals surface area contributed by atoms with Crippen molar-refractivity contribution in [3.05, 3.63) is 70.0 Å². The molecule has 1 N–H and O–H groups in total. The van der Waals surface area contributed by atoms with E-state index in [4.69, 9.17) is 21.1 Å². The fourth-order valence-corrected chi connectivity index (χ4v) is 5.77. The first kappa shape index (κ1) is 26.0. The number of hydrogen-bond donors (Lipinski definition) is 1. The molecule has 0 aliphatic heterocycles. The summed E-state index contributed by atoms with van der Waals surface area (Å²) in [5, 5.41) is 8.00. The van der Waals surface area contributed by atoms with Gasteiger partial charge in [0.1, 0.15) is 21.7 Å². The molecule has 0 saturated heterocycles. The van der Waals surface area contributed by atoms with E-state index in [1.807, 2.05) is 48.3 Å². The lowest BCUT2D eigenvalue weighted by molar-refractivity contribution is -0.0416. The number of anilines is 2. The Hall–Kier alpha value is -3.89. The molecule has 10 nitrogen and oxygen atoms in total. The largest absolute Gasteiger partial charge is 0.450 e. The second-order valence-electron chi connectivity index (χ2n) is 11.0. The zero-order valence-corrected chi connectivity index (χ0v) is 23.8. The highest BCUT2D eigenvalue weighted by Gasteiger charge is 2.35. The van der Waals surface area contributed by atoms with Crippen LogP contribution in [-0.4, -0.2) is 41.4 Å². The highest BCUT2D eigenvalue weighted by atomic mass is 35.5. The van der Waals surface area contributed by atoms with E-state index < -0.39 is 0 Å². The Morgan fingerprint density at radius 1 is 1.15 bits per heavy atom. The van der Waals surface area contributed by atoms with Crippen LogP contribution >= 0.6 is 11.6 Å². The highest BCUT2D eigenvalue weighted by Crippen LogP contribution is 2.42. The zero-order chi connectivity index (χ0) is 28.1. The molecule has 212 valence electrons. The van der Waals surface area contributed by atoms with Crippen molar-refractivity contribution in [1.82, 2.24) is 28.7 Å². The summed E-state index contributed by atoms with van der Waals surface area (Å²) in [5.74, 6) is 1.92. The third kappa shape index (κ3) is 4.74. The van der Waals surface area contributed by atoms with Crippen LogP contribution in [0.3, 0.4) is 0 Å². The lowest BCUT2D eigenvalue weighted by atomic mass is 9.88. The van der Waals surface area contributed by atoms with E-state index in [0.29, 0.717) is 45.2 Å². The molecule has 0 amide bonds. The van der Waals surface area contributed by atoms with Crippen LogP contribution < -0.4 is 15.6 Å². The number of nitrogens with zero attached hydrogens (tertiary/aromatic N) is 6. The number of aryl methyl sites for hydroxylation is 1. The average Bonchev–Trinajstić information content (AvgIpc) is 3.66.